The summed E-state index contributed by atoms with van der Waals surface area (Å²) in [6.45, 7) is 12.4. The van der Waals surface area contributed by atoms with Crippen molar-refractivity contribution in [1.82, 2.24) is 4.31 Å². The lowest BCUT2D eigenvalue weighted by Gasteiger charge is -2.40. The molecule has 152 valence electrons. The summed E-state index contributed by atoms with van der Waals surface area (Å²) in [5.74, 6) is 0. The molecule has 0 N–H and O–H groups in total. The van der Waals surface area contributed by atoms with E-state index in [-0.39, 0.29) is 11.5 Å². The fraction of sp³-hybridized carbons (Fsp3) is 0.478. The number of aryl methyl sites for hydroxylation is 1. The second kappa shape index (κ2) is 7.88. The quantitative estimate of drug-likeness (QED) is 0.737. The molecule has 1 saturated heterocycles. The second-order valence-corrected chi connectivity index (χ2v) is 10.4. The van der Waals surface area contributed by atoms with Crippen LogP contribution in [0.2, 0.25) is 0 Å². The molecule has 0 saturated carbocycles. The van der Waals surface area contributed by atoms with Crippen molar-refractivity contribution in [3.63, 3.8) is 0 Å². The van der Waals surface area contributed by atoms with Gasteiger partial charge >= 0.3 is 0 Å². The fourth-order valence-corrected chi connectivity index (χ4v) is 5.21. The van der Waals surface area contributed by atoms with Gasteiger partial charge < -0.3 is 4.90 Å². The first-order valence-corrected chi connectivity index (χ1v) is 11.5. The molecule has 2 aromatic rings. The number of hydrogen-bond acceptors (Lipinski definition) is 3. The normalized spacial score (nSPS) is 19.0. The van der Waals surface area contributed by atoms with Crippen molar-refractivity contribution < 1.29 is 8.42 Å². The highest BCUT2D eigenvalue weighted by molar-refractivity contribution is 7.89. The maximum atomic E-state index is 13.2. The average molecular weight is 401 g/mol. The number of sulfonamides is 1. The van der Waals surface area contributed by atoms with Gasteiger partial charge in [-0.3, -0.25) is 0 Å². The highest BCUT2D eigenvalue weighted by Gasteiger charge is 2.32. The lowest BCUT2D eigenvalue weighted by Crippen LogP contribution is -2.53. The van der Waals surface area contributed by atoms with E-state index in [1.165, 1.54) is 11.1 Å². The molecule has 1 fully saturated rings. The Bertz CT molecular complexity index is 903. The number of nitrogens with zero attached hydrogens (tertiary/aromatic N) is 2. The third-order valence-electron chi connectivity index (χ3n) is 6.11. The summed E-state index contributed by atoms with van der Waals surface area (Å²) >= 11 is 0. The van der Waals surface area contributed by atoms with Crippen molar-refractivity contribution in [3.8, 4) is 0 Å². The van der Waals surface area contributed by atoms with Crippen LogP contribution in [0.5, 0.6) is 0 Å². The summed E-state index contributed by atoms with van der Waals surface area (Å²) in [5.41, 5.74) is 3.61. The number of rotatable bonds is 5. The topological polar surface area (TPSA) is 40.6 Å². The molecule has 3 rings (SSSR count). The van der Waals surface area contributed by atoms with Crippen molar-refractivity contribution >= 4 is 15.7 Å². The molecule has 2 aromatic carbocycles. The van der Waals surface area contributed by atoms with E-state index in [1.54, 1.807) is 16.4 Å². The molecule has 0 bridgehead atoms. The first kappa shape index (κ1) is 20.9. The van der Waals surface area contributed by atoms with Gasteiger partial charge in [-0.05, 0) is 55.5 Å². The van der Waals surface area contributed by atoms with Gasteiger partial charge in [-0.25, -0.2) is 8.42 Å². The monoisotopic (exact) mass is 400 g/mol. The van der Waals surface area contributed by atoms with Gasteiger partial charge in [0, 0.05) is 31.4 Å². The van der Waals surface area contributed by atoms with E-state index < -0.39 is 10.0 Å². The Kier molecular flexibility index (Phi) is 5.87. The van der Waals surface area contributed by atoms with Gasteiger partial charge in [0.25, 0.3) is 0 Å². The van der Waals surface area contributed by atoms with Gasteiger partial charge in [0.05, 0.1) is 4.90 Å². The van der Waals surface area contributed by atoms with Gasteiger partial charge in [0.15, 0.2) is 0 Å². The Hall–Kier alpha value is -1.85. The maximum Gasteiger partial charge on any atom is 0.243 e. The van der Waals surface area contributed by atoms with Crippen molar-refractivity contribution in [2.24, 2.45) is 0 Å². The average Bonchev–Trinajstić information content (AvgIpc) is 2.69. The maximum absolute atomic E-state index is 13.2. The van der Waals surface area contributed by atoms with Crippen molar-refractivity contribution in [2.75, 3.05) is 24.5 Å². The van der Waals surface area contributed by atoms with E-state index in [0.717, 1.165) is 12.1 Å². The Morgan fingerprint density at radius 2 is 1.61 bits per heavy atom. The molecule has 5 heteroatoms. The number of piperazine rings is 1. The van der Waals surface area contributed by atoms with Crippen LogP contribution in [0.4, 0.5) is 5.69 Å². The molecule has 1 atom stereocenters. The zero-order valence-corrected chi connectivity index (χ0v) is 18.5. The van der Waals surface area contributed by atoms with Gasteiger partial charge in [-0.1, -0.05) is 50.6 Å². The van der Waals surface area contributed by atoms with Gasteiger partial charge in [0.2, 0.25) is 10.0 Å². The molecule has 1 heterocycles. The molecular weight excluding hydrogens is 368 g/mol. The Labute approximate surface area is 170 Å². The molecule has 0 radical (unpaired) electrons. The highest BCUT2D eigenvalue weighted by atomic mass is 32.2. The van der Waals surface area contributed by atoms with E-state index >= 15 is 0 Å². The van der Waals surface area contributed by atoms with Crippen LogP contribution in [0.15, 0.2) is 53.4 Å². The smallest absolute Gasteiger partial charge is 0.243 e. The summed E-state index contributed by atoms with van der Waals surface area (Å²) in [4.78, 5) is 2.68. The Balaban J connectivity index is 1.76. The zero-order valence-electron chi connectivity index (χ0n) is 17.6. The Morgan fingerprint density at radius 1 is 1.00 bits per heavy atom. The first-order chi connectivity index (χ1) is 13.1. The summed E-state index contributed by atoms with van der Waals surface area (Å²) in [6.07, 6.45) is 1.01. The lowest BCUT2D eigenvalue weighted by atomic mass is 9.82. The summed E-state index contributed by atoms with van der Waals surface area (Å²) in [7, 11) is -3.47. The molecule has 0 aliphatic carbocycles. The van der Waals surface area contributed by atoms with Crippen LogP contribution in [0.3, 0.4) is 0 Å². The SMILES string of the molecule is CCC(C)(C)c1ccc(S(=O)(=O)N2CCN(c3ccc(C)cc3)C(C)C2)cc1. The molecule has 0 amide bonds. The third kappa shape index (κ3) is 4.11. The van der Waals surface area contributed by atoms with Crippen LogP contribution in [0, 0.1) is 6.92 Å². The largest absolute Gasteiger partial charge is 0.366 e. The van der Waals surface area contributed by atoms with Crippen LogP contribution < -0.4 is 4.90 Å². The van der Waals surface area contributed by atoms with E-state index in [9.17, 15) is 8.42 Å². The van der Waals surface area contributed by atoms with Crippen LogP contribution in [0.1, 0.15) is 45.2 Å². The van der Waals surface area contributed by atoms with Gasteiger partial charge in [-0.2, -0.15) is 4.31 Å². The zero-order chi connectivity index (χ0) is 20.5. The van der Waals surface area contributed by atoms with E-state index in [2.05, 4.69) is 63.8 Å². The first-order valence-electron chi connectivity index (χ1n) is 10.1. The second-order valence-electron chi connectivity index (χ2n) is 8.50. The molecule has 0 spiro atoms. The lowest BCUT2D eigenvalue weighted by molar-refractivity contribution is 0.342. The number of benzene rings is 2. The van der Waals surface area contributed by atoms with Gasteiger partial charge in [0.1, 0.15) is 0 Å². The molecule has 1 unspecified atom stereocenters. The molecule has 4 nitrogen and oxygen atoms in total. The minimum atomic E-state index is -3.47. The molecular formula is C23H32N2O2S. The van der Waals surface area contributed by atoms with E-state index in [0.29, 0.717) is 24.5 Å². The van der Waals surface area contributed by atoms with Crippen LogP contribution in [-0.4, -0.2) is 38.4 Å². The molecule has 1 aliphatic heterocycles. The van der Waals surface area contributed by atoms with Crippen molar-refractivity contribution in [3.05, 3.63) is 59.7 Å². The minimum Gasteiger partial charge on any atom is -0.366 e. The fourth-order valence-electron chi connectivity index (χ4n) is 3.69. The predicted molar refractivity (Wildman–Crippen MR) is 117 cm³/mol. The van der Waals surface area contributed by atoms with E-state index in [1.807, 2.05) is 12.1 Å². The number of hydrogen-bond donors (Lipinski definition) is 0. The van der Waals surface area contributed by atoms with Crippen molar-refractivity contribution in [1.29, 1.82) is 0 Å². The molecule has 28 heavy (non-hydrogen) atoms. The Morgan fingerprint density at radius 3 is 2.14 bits per heavy atom. The highest BCUT2D eigenvalue weighted by Crippen LogP contribution is 2.29. The van der Waals surface area contributed by atoms with Crippen LogP contribution in [0.25, 0.3) is 0 Å². The molecule has 0 aromatic heterocycles. The van der Waals surface area contributed by atoms with E-state index in [4.69, 9.17) is 0 Å². The standard InChI is InChI=1S/C23H32N2O2S/c1-6-23(4,5)20-9-13-22(14-10-20)28(26,27)24-15-16-25(19(3)17-24)21-11-7-18(2)8-12-21/h7-14,19H,6,15-17H2,1-5H3. The summed E-state index contributed by atoms with van der Waals surface area (Å²) < 4.78 is 27.9. The predicted octanol–water partition coefficient (Wildman–Crippen LogP) is 4.58. The molecule has 1 aliphatic rings. The van der Waals surface area contributed by atoms with Crippen LogP contribution in [-0.2, 0) is 15.4 Å². The van der Waals surface area contributed by atoms with Crippen molar-refractivity contribution in [2.45, 2.75) is 57.4 Å². The number of anilines is 1. The van der Waals surface area contributed by atoms with Gasteiger partial charge in [-0.15, -0.1) is 0 Å². The summed E-state index contributed by atoms with van der Waals surface area (Å²) in [6, 6.07) is 16.0. The third-order valence-corrected chi connectivity index (χ3v) is 7.99. The minimum absolute atomic E-state index is 0.0521. The van der Waals surface area contributed by atoms with Crippen LogP contribution >= 0.6 is 0 Å². The summed E-state index contributed by atoms with van der Waals surface area (Å²) in [5, 5.41) is 0.